The van der Waals surface area contributed by atoms with E-state index >= 15 is 0 Å². The monoisotopic (exact) mass is 333 g/mol. The van der Waals surface area contributed by atoms with E-state index in [-0.39, 0.29) is 6.54 Å². The lowest BCUT2D eigenvalue weighted by atomic mass is 9.85. The predicted molar refractivity (Wildman–Crippen MR) is 92.1 cm³/mol. The Kier molecular flexibility index (Phi) is 4.68. The van der Waals surface area contributed by atoms with Crippen LogP contribution in [0.2, 0.25) is 5.02 Å². The van der Waals surface area contributed by atoms with E-state index in [4.69, 9.17) is 16.7 Å². The molecule has 122 valence electrons. The Bertz CT molecular complexity index is 716. The van der Waals surface area contributed by atoms with E-state index in [1.807, 2.05) is 42.2 Å². The molecule has 0 spiro atoms. The molecule has 1 saturated carbocycles. The van der Waals surface area contributed by atoms with Crippen molar-refractivity contribution in [2.45, 2.75) is 31.8 Å². The van der Waals surface area contributed by atoms with Crippen LogP contribution in [-0.2, 0) is 4.79 Å². The summed E-state index contributed by atoms with van der Waals surface area (Å²) in [6.45, 7) is 2.87. The summed E-state index contributed by atoms with van der Waals surface area (Å²) in [5.74, 6) is 0.0702. The van der Waals surface area contributed by atoms with Gasteiger partial charge >= 0.3 is 5.97 Å². The zero-order valence-electron chi connectivity index (χ0n) is 13.0. The van der Waals surface area contributed by atoms with Crippen LogP contribution in [0.3, 0.4) is 0 Å². The molecule has 5 nitrogen and oxygen atoms in total. The van der Waals surface area contributed by atoms with Gasteiger partial charge in [-0.15, -0.1) is 0 Å². The highest BCUT2D eigenvalue weighted by Gasteiger charge is 2.33. The summed E-state index contributed by atoms with van der Waals surface area (Å²) in [5, 5.41) is 14.1. The number of nitrogens with zero attached hydrogens (tertiary/aromatic N) is 2. The fraction of sp³-hybridized carbons (Fsp3) is 0.412. The summed E-state index contributed by atoms with van der Waals surface area (Å²) in [4.78, 5) is 17.5. The first-order valence-electron chi connectivity index (χ1n) is 7.84. The van der Waals surface area contributed by atoms with Crippen molar-refractivity contribution in [3.8, 4) is 0 Å². The Morgan fingerprint density at radius 1 is 1.39 bits per heavy atom. The predicted octanol–water partition coefficient (Wildman–Crippen LogP) is 3.24. The number of anilines is 1. The molecular formula is C17H20ClN3O2. The molecule has 1 aliphatic rings. The highest BCUT2D eigenvalue weighted by atomic mass is 35.5. The minimum atomic E-state index is -0.767. The molecule has 2 N–H and O–H groups in total. The highest BCUT2D eigenvalue weighted by molar-refractivity contribution is 6.31. The fourth-order valence-corrected chi connectivity index (χ4v) is 3.22. The highest BCUT2D eigenvalue weighted by Crippen LogP contribution is 2.29. The maximum absolute atomic E-state index is 10.9. The first-order chi connectivity index (χ1) is 11.0. The molecule has 0 radical (unpaired) electrons. The van der Waals surface area contributed by atoms with Crippen molar-refractivity contribution in [2.24, 2.45) is 0 Å². The first-order valence-corrected chi connectivity index (χ1v) is 8.21. The quantitative estimate of drug-likeness (QED) is 0.849. The van der Waals surface area contributed by atoms with Crippen LogP contribution in [0.1, 0.15) is 19.8 Å². The van der Waals surface area contributed by atoms with Crippen LogP contribution in [0.5, 0.6) is 0 Å². The standard InChI is InChI=1S/C17H20ClN3O2/c1-2-21(10-17(22)23)14-8-13(9-14)19-16-6-4-11-3-5-12(18)7-15(11)20-16/h3-7,13-14H,2,8-10H2,1H3,(H,19,20)(H,22,23). The van der Waals surface area contributed by atoms with Crippen molar-refractivity contribution in [3.05, 3.63) is 35.4 Å². The lowest BCUT2D eigenvalue weighted by Crippen LogP contribution is -2.51. The molecule has 0 aliphatic heterocycles. The van der Waals surface area contributed by atoms with Crippen LogP contribution in [-0.4, -0.2) is 46.1 Å². The van der Waals surface area contributed by atoms with Crippen molar-refractivity contribution < 1.29 is 9.90 Å². The summed E-state index contributed by atoms with van der Waals surface area (Å²) in [7, 11) is 0. The average molecular weight is 334 g/mol. The van der Waals surface area contributed by atoms with Gasteiger partial charge in [-0.25, -0.2) is 4.98 Å². The van der Waals surface area contributed by atoms with Crippen LogP contribution in [0.4, 0.5) is 5.82 Å². The SMILES string of the molecule is CCN(CC(=O)O)C1CC(Nc2ccc3ccc(Cl)cc3n2)C1. The normalized spacial score (nSPS) is 20.5. The zero-order chi connectivity index (χ0) is 16.4. The molecule has 0 bridgehead atoms. The molecule has 2 aromatic rings. The molecule has 0 amide bonds. The summed E-state index contributed by atoms with van der Waals surface area (Å²) in [5.41, 5.74) is 0.874. The van der Waals surface area contributed by atoms with E-state index in [1.54, 1.807) is 0 Å². The van der Waals surface area contributed by atoms with Gasteiger partial charge in [0.25, 0.3) is 0 Å². The largest absolute Gasteiger partial charge is 0.480 e. The molecule has 6 heteroatoms. The molecule has 1 aromatic carbocycles. The molecule has 0 unspecified atom stereocenters. The second kappa shape index (κ2) is 6.72. The van der Waals surface area contributed by atoms with Crippen LogP contribution in [0.15, 0.2) is 30.3 Å². The van der Waals surface area contributed by atoms with Crippen LogP contribution in [0.25, 0.3) is 10.9 Å². The number of pyridine rings is 1. The number of hydrogen-bond acceptors (Lipinski definition) is 4. The first kappa shape index (κ1) is 16.0. The van der Waals surface area contributed by atoms with Crippen LogP contribution < -0.4 is 5.32 Å². The molecule has 1 heterocycles. The molecule has 0 saturated heterocycles. The third-order valence-electron chi connectivity index (χ3n) is 4.38. The number of fused-ring (bicyclic) bond motifs is 1. The Morgan fingerprint density at radius 2 is 2.13 bits per heavy atom. The molecular weight excluding hydrogens is 314 g/mol. The maximum Gasteiger partial charge on any atom is 0.317 e. The van der Waals surface area contributed by atoms with E-state index in [0.717, 1.165) is 36.1 Å². The third-order valence-corrected chi connectivity index (χ3v) is 4.62. The number of aromatic nitrogens is 1. The van der Waals surface area contributed by atoms with Crippen LogP contribution >= 0.6 is 11.6 Å². The second-order valence-electron chi connectivity index (χ2n) is 5.96. The molecule has 1 aromatic heterocycles. The summed E-state index contributed by atoms with van der Waals surface area (Å²) < 4.78 is 0. The number of halogens is 1. The van der Waals surface area contributed by atoms with Crippen molar-refractivity contribution in [2.75, 3.05) is 18.4 Å². The number of nitrogens with one attached hydrogen (secondary N) is 1. The van der Waals surface area contributed by atoms with E-state index in [2.05, 4.69) is 10.3 Å². The fourth-order valence-electron chi connectivity index (χ4n) is 3.06. The number of benzene rings is 1. The molecule has 23 heavy (non-hydrogen) atoms. The van der Waals surface area contributed by atoms with Gasteiger partial charge in [0, 0.05) is 22.5 Å². The summed E-state index contributed by atoms with van der Waals surface area (Å²) in [6.07, 6.45) is 1.88. The Labute approximate surface area is 140 Å². The van der Waals surface area contributed by atoms with Gasteiger partial charge in [0.05, 0.1) is 12.1 Å². The number of carboxylic acid groups (broad SMARTS) is 1. The number of hydrogen-bond donors (Lipinski definition) is 2. The number of carboxylic acids is 1. The van der Waals surface area contributed by atoms with E-state index in [9.17, 15) is 4.79 Å². The Morgan fingerprint density at radius 3 is 2.83 bits per heavy atom. The number of likely N-dealkylation sites (N-methyl/N-ethyl adjacent to an activating group) is 1. The van der Waals surface area contributed by atoms with E-state index in [1.165, 1.54) is 0 Å². The van der Waals surface area contributed by atoms with Gasteiger partial charge in [0.15, 0.2) is 0 Å². The topological polar surface area (TPSA) is 65.5 Å². The Hall–Kier alpha value is -1.85. The van der Waals surface area contributed by atoms with Gasteiger partial charge in [-0.2, -0.15) is 0 Å². The van der Waals surface area contributed by atoms with Gasteiger partial charge < -0.3 is 10.4 Å². The van der Waals surface area contributed by atoms with Gasteiger partial charge in [0.1, 0.15) is 5.82 Å². The number of rotatable bonds is 6. The Balaban J connectivity index is 1.60. The van der Waals surface area contributed by atoms with Gasteiger partial charge in [-0.3, -0.25) is 9.69 Å². The summed E-state index contributed by atoms with van der Waals surface area (Å²) in [6, 6.07) is 10.3. The van der Waals surface area contributed by atoms with E-state index in [0.29, 0.717) is 17.1 Å². The van der Waals surface area contributed by atoms with Crippen molar-refractivity contribution in [3.63, 3.8) is 0 Å². The smallest absolute Gasteiger partial charge is 0.317 e. The number of aliphatic carboxylic acids is 1. The van der Waals surface area contributed by atoms with Crippen molar-refractivity contribution >= 4 is 34.3 Å². The molecule has 1 aliphatic carbocycles. The average Bonchev–Trinajstić information content (AvgIpc) is 2.47. The maximum atomic E-state index is 10.9. The minimum absolute atomic E-state index is 0.112. The second-order valence-corrected chi connectivity index (χ2v) is 6.39. The number of carbonyl (C=O) groups is 1. The zero-order valence-corrected chi connectivity index (χ0v) is 13.8. The molecule has 0 atom stereocenters. The lowest BCUT2D eigenvalue weighted by Gasteiger charge is -2.42. The van der Waals surface area contributed by atoms with Crippen LogP contribution in [0, 0.1) is 0 Å². The van der Waals surface area contributed by atoms with Crippen molar-refractivity contribution in [1.29, 1.82) is 0 Å². The summed E-state index contributed by atoms with van der Waals surface area (Å²) >= 11 is 6.01. The van der Waals surface area contributed by atoms with Gasteiger partial charge in [-0.1, -0.05) is 24.6 Å². The van der Waals surface area contributed by atoms with Gasteiger partial charge in [0.2, 0.25) is 0 Å². The minimum Gasteiger partial charge on any atom is -0.480 e. The van der Waals surface area contributed by atoms with Crippen molar-refractivity contribution in [1.82, 2.24) is 9.88 Å². The third kappa shape index (κ3) is 3.74. The van der Waals surface area contributed by atoms with E-state index < -0.39 is 5.97 Å². The molecule has 1 fully saturated rings. The van der Waals surface area contributed by atoms with Gasteiger partial charge in [-0.05, 0) is 43.7 Å². The molecule has 3 rings (SSSR count). The lowest BCUT2D eigenvalue weighted by molar-refractivity contribution is -0.139.